The summed E-state index contributed by atoms with van der Waals surface area (Å²) in [7, 11) is 0. The van der Waals surface area contributed by atoms with E-state index in [4.69, 9.17) is 28.3 Å². The lowest BCUT2D eigenvalue weighted by molar-refractivity contribution is 0.0697. The Kier molecular flexibility index (Phi) is 3.81. The molecular weight excluding hydrogens is 323 g/mol. The summed E-state index contributed by atoms with van der Waals surface area (Å²) in [6, 6.07) is 10.3. The molecule has 0 saturated carbocycles. The van der Waals surface area contributed by atoms with Gasteiger partial charge in [0.15, 0.2) is 0 Å². The maximum atomic E-state index is 11.2. The Bertz CT molecular complexity index is 867. The van der Waals surface area contributed by atoms with E-state index in [0.717, 1.165) is 22.2 Å². The maximum absolute atomic E-state index is 11.2. The second kappa shape index (κ2) is 5.63. The lowest BCUT2D eigenvalue weighted by Gasteiger charge is -2.08. The number of nitrogens with zero attached hydrogens (tertiary/aromatic N) is 2. The van der Waals surface area contributed by atoms with Gasteiger partial charge >= 0.3 is 5.97 Å². The SMILES string of the molecule is Cc1nn(Cc2c(Cl)cccc2Cl)c2cc(C(=O)O)ccc12. The third kappa shape index (κ3) is 2.56. The average Bonchev–Trinajstić information content (AvgIpc) is 2.79. The second-order valence-corrected chi connectivity index (χ2v) is 5.79. The molecule has 3 rings (SSSR count). The molecule has 1 aromatic heterocycles. The summed E-state index contributed by atoms with van der Waals surface area (Å²) < 4.78 is 1.73. The Morgan fingerprint density at radius 2 is 1.91 bits per heavy atom. The lowest BCUT2D eigenvalue weighted by Crippen LogP contribution is -2.04. The van der Waals surface area contributed by atoms with Crippen molar-refractivity contribution in [3.63, 3.8) is 0 Å². The highest BCUT2D eigenvalue weighted by Gasteiger charge is 2.13. The van der Waals surface area contributed by atoms with E-state index < -0.39 is 5.97 Å². The van der Waals surface area contributed by atoms with Crippen molar-refractivity contribution in [2.24, 2.45) is 0 Å². The number of hydrogen-bond donors (Lipinski definition) is 1. The van der Waals surface area contributed by atoms with Crippen molar-refractivity contribution in [2.75, 3.05) is 0 Å². The summed E-state index contributed by atoms with van der Waals surface area (Å²) in [6.07, 6.45) is 0. The number of aromatic carboxylic acids is 1. The van der Waals surface area contributed by atoms with E-state index in [9.17, 15) is 4.79 Å². The number of hydrogen-bond acceptors (Lipinski definition) is 2. The molecule has 4 nitrogen and oxygen atoms in total. The minimum absolute atomic E-state index is 0.221. The monoisotopic (exact) mass is 334 g/mol. The van der Waals surface area contributed by atoms with Crippen molar-refractivity contribution in [1.82, 2.24) is 9.78 Å². The smallest absolute Gasteiger partial charge is 0.335 e. The Hall–Kier alpha value is -2.04. The van der Waals surface area contributed by atoms with Gasteiger partial charge in [-0.15, -0.1) is 0 Å². The predicted octanol–water partition coefficient (Wildman–Crippen LogP) is 4.40. The molecule has 0 unspecified atom stereocenters. The Morgan fingerprint density at radius 1 is 1.23 bits per heavy atom. The summed E-state index contributed by atoms with van der Waals surface area (Å²) in [6.45, 7) is 2.26. The van der Waals surface area contributed by atoms with Crippen LogP contribution >= 0.6 is 23.2 Å². The fraction of sp³-hybridized carbons (Fsp3) is 0.125. The normalized spacial score (nSPS) is 11.0. The highest BCUT2D eigenvalue weighted by Crippen LogP contribution is 2.27. The van der Waals surface area contributed by atoms with E-state index >= 15 is 0 Å². The largest absolute Gasteiger partial charge is 0.478 e. The summed E-state index contributed by atoms with van der Waals surface area (Å²) in [5.41, 5.74) is 2.55. The number of benzene rings is 2. The van der Waals surface area contributed by atoms with Crippen molar-refractivity contribution in [3.8, 4) is 0 Å². The molecule has 0 spiro atoms. The van der Waals surface area contributed by atoms with Gasteiger partial charge in [0, 0.05) is 21.0 Å². The van der Waals surface area contributed by atoms with E-state index in [-0.39, 0.29) is 5.56 Å². The van der Waals surface area contributed by atoms with Crippen LogP contribution in [0.25, 0.3) is 10.9 Å². The predicted molar refractivity (Wildman–Crippen MR) is 87.0 cm³/mol. The van der Waals surface area contributed by atoms with Crippen LogP contribution in [0.3, 0.4) is 0 Å². The summed E-state index contributed by atoms with van der Waals surface area (Å²) >= 11 is 12.4. The second-order valence-electron chi connectivity index (χ2n) is 4.98. The Morgan fingerprint density at radius 3 is 2.55 bits per heavy atom. The topological polar surface area (TPSA) is 55.1 Å². The number of halogens is 2. The van der Waals surface area contributed by atoms with Crippen molar-refractivity contribution < 1.29 is 9.90 Å². The molecular formula is C16H12Cl2N2O2. The molecule has 6 heteroatoms. The first kappa shape index (κ1) is 14.9. The molecule has 0 aliphatic carbocycles. The van der Waals surface area contributed by atoms with Crippen molar-refractivity contribution in [3.05, 3.63) is 63.3 Å². The molecule has 0 bridgehead atoms. The standard InChI is InChI=1S/C16H12Cl2N2O2/c1-9-11-6-5-10(16(21)22)7-15(11)20(19-9)8-12-13(17)3-2-4-14(12)18/h2-7H,8H2,1H3,(H,21,22). The van der Waals surface area contributed by atoms with Crippen LogP contribution in [-0.4, -0.2) is 20.9 Å². The van der Waals surface area contributed by atoms with Crippen LogP contribution in [0, 0.1) is 6.92 Å². The molecule has 0 radical (unpaired) electrons. The van der Waals surface area contributed by atoms with Crippen LogP contribution < -0.4 is 0 Å². The van der Waals surface area contributed by atoms with Crippen molar-refractivity contribution >= 4 is 40.1 Å². The van der Waals surface area contributed by atoms with Crippen LogP contribution in [-0.2, 0) is 6.54 Å². The van der Waals surface area contributed by atoms with Gasteiger partial charge in [0.1, 0.15) is 0 Å². The van der Waals surface area contributed by atoms with Crippen LogP contribution in [0.15, 0.2) is 36.4 Å². The Labute approximate surface area is 136 Å². The molecule has 112 valence electrons. The lowest BCUT2D eigenvalue weighted by atomic mass is 10.1. The molecule has 0 aliphatic heterocycles. The van der Waals surface area contributed by atoms with E-state index in [1.54, 1.807) is 41.1 Å². The third-order valence-electron chi connectivity index (χ3n) is 3.55. The minimum Gasteiger partial charge on any atom is -0.478 e. The molecule has 0 saturated heterocycles. The third-order valence-corrected chi connectivity index (χ3v) is 4.26. The van der Waals surface area contributed by atoms with Gasteiger partial charge < -0.3 is 5.11 Å². The summed E-state index contributed by atoms with van der Waals surface area (Å²) in [4.78, 5) is 11.2. The number of fused-ring (bicyclic) bond motifs is 1. The number of carbonyl (C=O) groups is 1. The van der Waals surface area contributed by atoms with Crippen LogP contribution in [0.1, 0.15) is 21.6 Å². The molecule has 0 atom stereocenters. The van der Waals surface area contributed by atoms with Crippen molar-refractivity contribution in [1.29, 1.82) is 0 Å². The number of aromatic nitrogens is 2. The number of aryl methyl sites for hydroxylation is 1. The van der Waals surface area contributed by atoms with Gasteiger partial charge in [0.25, 0.3) is 0 Å². The minimum atomic E-state index is -0.969. The first-order chi connectivity index (χ1) is 10.5. The van der Waals surface area contributed by atoms with Crippen LogP contribution in [0.2, 0.25) is 10.0 Å². The fourth-order valence-electron chi connectivity index (χ4n) is 2.43. The van der Waals surface area contributed by atoms with E-state index in [0.29, 0.717) is 16.6 Å². The van der Waals surface area contributed by atoms with Gasteiger partial charge in [0.2, 0.25) is 0 Å². The van der Waals surface area contributed by atoms with E-state index in [2.05, 4.69) is 5.10 Å². The first-order valence-electron chi connectivity index (χ1n) is 6.60. The maximum Gasteiger partial charge on any atom is 0.335 e. The molecule has 0 amide bonds. The van der Waals surface area contributed by atoms with Gasteiger partial charge in [-0.2, -0.15) is 5.10 Å². The zero-order valence-corrected chi connectivity index (χ0v) is 13.2. The Balaban J connectivity index is 2.14. The molecule has 3 aromatic rings. The number of rotatable bonds is 3. The first-order valence-corrected chi connectivity index (χ1v) is 7.36. The zero-order chi connectivity index (χ0) is 15.9. The van der Waals surface area contributed by atoms with Crippen LogP contribution in [0.4, 0.5) is 0 Å². The van der Waals surface area contributed by atoms with Gasteiger partial charge in [-0.1, -0.05) is 35.3 Å². The van der Waals surface area contributed by atoms with Gasteiger partial charge in [-0.25, -0.2) is 4.79 Å². The van der Waals surface area contributed by atoms with Gasteiger partial charge in [0.05, 0.1) is 23.3 Å². The highest BCUT2D eigenvalue weighted by molar-refractivity contribution is 6.36. The molecule has 1 heterocycles. The summed E-state index contributed by atoms with van der Waals surface area (Å²) in [5.74, 6) is -0.969. The zero-order valence-electron chi connectivity index (χ0n) is 11.7. The number of carboxylic acid groups (broad SMARTS) is 1. The highest BCUT2D eigenvalue weighted by atomic mass is 35.5. The quantitative estimate of drug-likeness (QED) is 0.772. The van der Waals surface area contributed by atoms with Crippen molar-refractivity contribution in [2.45, 2.75) is 13.5 Å². The van der Waals surface area contributed by atoms with Gasteiger partial charge in [-0.3, -0.25) is 4.68 Å². The summed E-state index contributed by atoms with van der Waals surface area (Å²) in [5, 5.41) is 15.6. The average molecular weight is 335 g/mol. The molecule has 1 N–H and O–H groups in total. The van der Waals surface area contributed by atoms with Crippen LogP contribution in [0.5, 0.6) is 0 Å². The molecule has 2 aromatic carbocycles. The fourth-order valence-corrected chi connectivity index (χ4v) is 2.94. The van der Waals surface area contributed by atoms with E-state index in [1.165, 1.54) is 0 Å². The molecule has 0 fully saturated rings. The molecule has 0 aliphatic rings. The van der Waals surface area contributed by atoms with E-state index in [1.807, 2.05) is 6.92 Å². The van der Waals surface area contributed by atoms with Gasteiger partial charge in [-0.05, 0) is 31.2 Å². The number of carboxylic acids is 1. The molecule has 22 heavy (non-hydrogen) atoms.